The van der Waals surface area contributed by atoms with Crippen LogP contribution in [-0.2, 0) is 4.74 Å². The van der Waals surface area contributed by atoms with E-state index in [2.05, 4.69) is 5.32 Å². The van der Waals surface area contributed by atoms with Gasteiger partial charge in [0.25, 0.3) is 0 Å². The van der Waals surface area contributed by atoms with Crippen molar-refractivity contribution in [2.45, 2.75) is 26.9 Å². The Labute approximate surface area is 152 Å². The van der Waals surface area contributed by atoms with Crippen molar-refractivity contribution in [3.63, 3.8) is 0 Å². The SMILES string of the molecule is CCOC(=O)c1ccccc1NC(=O)N1CC(C)Oc2ccc(C)cc21. The summed E-state index contributed by atoms with van der Waals surface area (Å²) in [6.45, 7) is 6.31. The Morgan fingerprint density at radius 3 is 2.81 bits per heavy atom. The monoisotopic (exact) mass is 354 g/mol. The lowest BCUT2D eigenvalue weighted by atomic mass is 10.1. The predicted octanol–water partition coefficient (Wildman–Crippen LogP) is 3.99. The Morgan fingerprint density at radius 2 is 2.04 bits per heavy atom. The van der Waals surface area contributed by atoms with E-state index in [0.717, 1.165) is 5.56 Å². The molecule has 0 spiro atoms. The molecule has 26 heavy (non-hydrogen) atoms. The molecule has 1 heterocycles. The number of benzene rings is 2. The normalized spacial score (nSPS) is 15.7. The number of amides is 2. The molecule has 0 aromatic heterocycles. The molecule has 0 radical (unpaired) electrons. The van der Waals surface area contributed by atoms with Crippen LogP contribution in [0.15, 0.2) is 42.5 Å². The Bertz CT molecular complexity index is 834. The van der Waals surface area contributed by atoms with Crippen LogP contribution in [0.4, 0.5) is 16.2 Å². The fourth-order valence-corrected chi connectivity index (χ4v) is 2.90. The van der Waals surface area contributed by atoms with Crippen LogP contribution >= 0.6 is 0 Å². The number of hydrogen-bond donors (Lipinski definition) is 1. The molecule has 3 rings (SSSR count). The van der Waals surface area contributed by atoms with E-state index in [4.69, 9.17) is 9.47 Å². The van der Waals surface area contributed by atoms with Gasteiger partial charge in [0.05, 0.1) is 30.1 Å². The van der Waals surface area contributed by atoms with Crippen LogP contribution in [-0.4, -0.2) is 31.3 Å². The van der Waals surface area contributed by atoms with E-state index in [1.165, 1.54) is 0 Å². The average molecular weight is 354 g/mol. The number of rotatable bonds is 3. The quantitative estimate of drug-likeness (QED) is 0.846. The summed E-state index contributed by atoms with van der Waals surface area (Å²) in [6, 6.07) is 12.2. The fraction of sp³-hybridized carbons (Fsp3) is 0.300. The lowest BCUT2D eigenvalue weighted by molar-refractivity contribution is 0.0527. The van der Waals surface area contributed by atoms with Crippen molar-refractivity contribution in [3.8, 4) is 5.75 Å². The van der Waals surface area contributed by atoms with Gasteiger partial charge in [-0.15, -0.1) is 0 Å². The maximum Gasteiger partial charge on any atom is 0.340 e. The van der Waals surface area contributed by atoms with E-state index in [1.54, 1.807) is 36.1 Å². The molecule has 136 valence electrons. The summed E-state index contributed by atoms with van der Waals surface area (Å²) in [4.78, 5) is 26.7. The van der Waals surface area contributed by atoms with Crippen LogP contribution in [0, 0.1) is 6.92 Å². The minimum atomic E-state index is -0.463. The van der Waals surface area contributed by atoms with Crippen molar-refractivity contribution in [2.24, 2.45) is 0 Å². The topological polar surface area (TPSA) is 67.9 Å². The van der Waals surface area contributed by atoms with Crippen molar-refractivity contribution >= 4 is 23.4 Å². The van der Waals surface area contributed by atoms with Crippen molar-refractivity contribution in [1.82, 2.24) is 0 Å². The number of carbonyl (C=O) groups is 2. The van der Waals surface area contributed by atoms with E-state index in [1.807, 2.05) is 32.0 Å². The van der Waals surface area contributed by atoms with Crippen LogP contribution in [0.3, 0.4) is 0 Å². The van der Waals surface area contributed by atoms with Gasteiger partial charge in [-0.05, 0) is 50.6 Å². The number of nitrogens with one attached hydrogen (secondary N) is 1. The molecule has 6 nitrogen and oxygen atoms in total. The van der Waals surface area contributed by atoms with E-state index in [0.29, 0.717) is 29.2 Å². The highest BCUT2D eigenvalue weighted by Crippen LogP contribution is 2.34. The first-order valence-electron chi connectivity index (χ1n) is 8.61. The van der Waals surface area contributed by atoms with Crippen LogP contribution in [0.2, 0.25) is 0 Å². The lowest BCUT2D eigenvalue weighted by Crippen LogP contribution is -2.44. The summed E-state index contributed by atoms with van der Waals surface area (Å²) in [5.74, 6) is 0.207. The molecule has 2 aromatic carbocycles. The molecule has 1 aliphatic heterocycles. The molecule has 1 aliphatic rings. The molecular formula is C20H22N2O4. The van der Waals surface area contributed by atoms with E-state index in [9.17, 15) is 9.59 Å². The van der Waals surface area contributed by atoms with Gasteiger partial charge in [-0.2, -0.15) is 0 Å². The van der Waals surface area contributed by atoms with Crippen LogP contribution in [0.5, 0.6) is 5.75 Å². The number of nitrogens with zero attached hydrogens (tertiary/aromatic N) is 1. The number of anilines is 2. The van der Waals surface area contributed by atoms with Gasteiger partial charge in [-0.1, -0.05) is 18.2 Å². The third-order valence-electron chi connectivity index (χ3n) is 4.08. The second-order valence-corrected chi connectivity index (χ2v) is 6.21. The van der Waals surface area contributed by atoms with Gasteiger partial charge >= 0.3 is 12.0 Å². The molecule has 0 fully saturated rings. The van der Waals surface area contributed by atoms with Gasteiger partial charge in [0.1, 0.15) is 11.9 Å². The predicted molar refractivity (Wildman–Crippen MR) is 100 cm³/mol. The Kier molecular flexibility index (Phi) is 5.11. The first-order valence-corrected chi connectivity index (χ1v) is 8.61. The smallest absolute Gasteiger partial charge is 0.340 e. The molecule has 0 aliphatic carbocycles. The van der Waals surface area contributed by atoms with Crippen LogP contribution in [0.1, 0.15) is 29.8 Å². The first kappa shape index (κ1) is 17.8. The van der Waals surface area contributed by atoms with E-state index >= 15 is 0 Å². The summed E-state index contributed by atoms with van der Waals surface area (Å²) >= 11 is 0. The third-order valence-corrected chi connectivity index (χ3v) is 4.08. The summed E-state index contributed by atoms with van der Waals surface area (Å²) in [7, 11) is 0. The minimum Gasteiger partial charge on any atom is -0.487 e. The first-order chi connectivity index (χ1) is 12.5. The van der Waals surface area contributed by atoms with Gasteiger partial charge in [-0.3, -0.25) is 4.90 Å². The zero-order valence-corrected chi connectivity index (χ0v) is 15.1. The Hall–Kier alpha value is -3.02. The summed E-state index contributed by atoms with van der Waals surface area (Å²) in [6.07, 6.45) is -0.128. The molecule has 0 bridgehead atoms. The number of fused-ring (bicyclic) bond motifs is 1. The van der Waals surface area contributed by atoms with E-state index < -0.39 is 5.97 Å². The molecule has 0 saturated carbocycles. The standard InChI is InChI=1S/C20H22N2O4/c1-4-25-19(23)15-7-5-6-8-16(15)21-20(24)22-12-14(3)26-18-10-9-13(2)11-17(18)22/h5-11,14H,4,12H2,1-3H3,(H,21,24). The zero-order valence-electron chi connectivity index (χ0n) is 15.1. The Balaban J connectivity index is 1.88. The van der Waals surface area contributed by atoms with Crippen LogP contribution < -0.4 is 15.0 Å². The summed E-state index contributed by atoms with van der Waals surface area (Å²) in [5.41, 5.74) is 2.50. The lowest BCUT2D eigenvalue weighted by Gasteiger charge is -2.33. The highest BCUT2D eigenvalue weighted by molar-refractivity contribution is 6.07. The van der Waals surface area contributed by atoms with Crippen molar-refractivity contribution < 1.29 is 19.1 Å². The molecule has 1 N–H and O–H groups in total. The number of ether oxygens (including phenoxy) is 2. The van der Waals surface area contributed by atoms with Crippen molar-refractivity contribution in [1.29, 1.82) is 0 Å². The molecule has 1 atom stereocenters. The number of hydrogen-bond acceptors (Lipinski definition) is 4. The van der Waals surface area contributed by atoms with Gasteiger partial charge in [-0.25, -0.2) is 9.59 Å². The van der Waals surface area contributed by atoms with Crippen molar-refractivity contribution in [2.75, 3.05) is 23.4 Å². The average Bonchev–Trinajstić information content (AvgIpc) is 2.62. The maximum absolute atomic E-state index is 12.9. The Morgan fingerprint density at radius 1 is 1.27 bits per heavy atom. The van der Waals surface area contributed by atoms with E-state index in [-0.39, 0.29) is 18.7 Å². The molecule has 1 unspecified atom stereocenters. The van der Waals surface area contributed by atoms with Gasteiger partial charge in [0.2, 0.25) is 0 Å². The number of aryl methyl sites for hydroxylation is 1. The zero-order chi connectivity index (χ0) is 18.7. The fourth-order valence-electron chi connectivity index (χ4n) is 2.90. The van der Waals surface area contributed by atoms with Gasteiger partial charge in [0, 0.05) is 0 Å². The molecule has 0 saturated heterocycles. The molecular weight excluding hydrogens is 332 g/mol. The minimum absolute atomic E-state index is 0.128. The number of urea groups is 1. The number of esters is 1. The largest absolute Gasteiger partial charge is 0.487 e. The molecule has 6 heteroatoms. The van der Waals surface area contributed by atoms with Gasteiger partial charge < -0.3 is 14.8 Å². The maximum atomic E-state index is 12.9. The molecule has 2 amide bonds. The summed E-state index contributed by atoms with van der Waals surface area (Å²) < 4.78 is 10.9. The summed E-state index contributed by atoms with van der Waals surface area (Å²) in [5, 5.41) is 2.83. The molecule has 2 aromatic rings. The number of para-hydroxylation sites is 1. The highest BCUT2D eigenvalue weighted by atomic mass is 16.5. The van der Waals surface area contributed by atoms with Crippen LogP contribution in [0.25, 0.3) is 0 Å². The van der Waals surface area contributed by atoms with Crippen molar-refractivity contribution in [3.05, 3.63) is 53.6 Å². The second kappa shape index (κ2) is 7.47. The number of carbonyl (C=O) groups excluding carboxylic acids is 2. The highest BCUT2D eigenvalue weighted by Gasteiger charge is 2.28. The second-order valence-electron chi connectivity index (χ2n) is 6.21. The van der Waals surface area contributed by atoms with Gasteiger partial charge in [0.15, 0.2) is 0 Å². The third kappa shape index (κ3) is 3.64.